The summed E-state index contributed by atoms with van der Waals surface area (Å²) in [5.41, 5.74) is 12.1. The van der Waals surface area contributed by atoms with Gasteiger partial charge in [-0.1, -0.05) is 0 Å². The van der Waals surface area contributed by atoms with E-state index in [1.54, 1.807) is 16.7 Å². The molecule has 4 heteroatoms. The molecule has 0 aromatic heterocycles. The van der Waals surface area contributed by atoms with E-state index in [0.29, 0.717) is 7.25 Å². The van der Waals surface area contributed by atoms with Crippen LogP contribution in [0.25, 0.3) is 23.3 Å². The first kappa shape index (κ1) is 30.6. The molecule has 5 rings (SSSR count). The minimum Gasteiger partial charge on any atom is -1.00 e. The fourth-order valence-corrected chi connectivity index (χ4v) is 15.2. The van der Waals surface area contributed by atoms with E-state index in [4.69, 9.17) is 0 Å². The predicted molar refractivity (Wildman–Crippen MR) is 152 cm³/mol. The van der Waals surface area contributed by atoms with Gasteiger partial charge in [-0.3, -0.25) is 0 Å². The monoisotopic (exact) mass is 624 g/mol. The van der Waals surface area contributed by atoms with E-state index < -0.39 is 23.2 Å². The van der Waals surface area contributed by atoms with E-state index in [1.165, 1.54) is 35.1 Å². The molecule has 0 aliphatic heterocycles. The Morgan fingerprint density at radius 2 is 1.35 bits per heavy atom. The third kappa shape index (κ3) is 5.97. The van der Waals surface area contributed by atoms with Crippen LogP contribution in [0.3, 0.4) is 0 Å². The van der Waals surface area contributed by atoms with E-state index in [1.807, 2.05) is 5.31 Å². The van der Waals surface area contributed by atoms with Gasteiger partial charge in [0.05, 0.1) is 0 Å². The largest absolute Gasteiger partial charge is 1.00 e. The van der Waals surface area contributed by atoms with Crippen molar-refractivity contribution in [1.82, 2.24) is 0 Å². The van der Waals surface area contributed by atoms with Gasteiger partial charge in [0.15, 0.2) is 0 Å². The topological polar surface area (TPSA) is 0 Å². The molecule has 0 amide bonds. The molecular formula is C33H37Cl2PZr. The van der Waals surface area contributed by atoms with E-state index in [0.717, 1.165) is 11.3 Å². The fourth-order valence-electron chi connectivity index (χ4n) is 5.85. The van der Waals surface area contributed by atoms with E-state index in [-0.39, 0.29) is 32.7 Å². The van der Waals surface area contributed by atoms with E-state index >= 15 is 0 Å². The van der Waals surface area contributed by atoms with Gasteiger partial charge in [0.25, 0.3) is 0 Å². The minimum absolute atomic E-state index is 0. The van der Waals surface area contributed by atoms with Crippen LogP contribution in [-0.4, -0.2) is 11.3 Å². The summed E-state index contributed by atoms with van der Waals surface area (Å²) in [6.45, 7) is 12.2. The molecule has 0 nitrogen and oxygen atoms in total. The summed E-state index contributed by atoms with van der Waals surface area (Å²) in [5, 5.41) is 1.83. The van der Waals surface area contributed by atoms with Gasteiger partial charge < -0.3 is 24.8 Å². The molecule has 0 saturated heterocycles. The molecule has 0 N–H and O–H groups in total. The van der Waals surface area contributed by atoms with Gasteiger partial charge in [0.1, 0.15) is 0 Å². The number of hydrogen-bond donors (Lipinski definition) is 0. The van der Waals surface area contributed by atoms with E-state index in [2.05, 4.69) is 120 Å². The number of allylic oxidation sites excluding steroid dienone is 2. The molecule has 0 heterocycles. The van der Waals surface area contributed by atoms with Crippen molar-refractivity contribution >= 4 is 20.1 Å². The Balaban J connectivity index is 0.00000190. The Morgan fingerprint density at radius 1 is 0.730 bits per heavy atom. The van der Waals surface area contributed by atoms with Crippen molar-refractivity contribution in [2.45, 2.75) is 66.0 Å². The van der Waals surface area contributed by atoms with Crippen molar-refractivity contribution in [2.24, 2.45) is 0 Å². The molecule has 0 radical (unpaired) electrons. The maximum absolute atomic E-state index is 2.64. The zero-order valence-electron chi connectivity index (χ0n) is 22.5. The summed E-state index contributed by atoms with van der Waals surface area (Å²) in [7, 11) is -0.130. The maximum Gasteiger partial charge on any atom is -1.00 e. The van der Waals surface area contributed by atoms with Crippen LogP contribution in [0.1, 0.15) is 77.0 Å². The van der Waals surface area contributed by atoms with Gasteiger partial charge >= 0.3 is 226 Å². The first-order chi connectivity index (χ1) is 17.0. The molecule has 0 saturated carbocycles. The van der Waals surface area contributed by atoms with Gasteiger partial charge in [0.2, 0.25) is 0 Å². The fraction of sp³-hybridized carbons (Fsp3) is 0.333. The Morgan fingerprint density at radius 3 is 2.03 bits per heavy atom. The van der Waals surface area contributed by atoms with Crippen molar-refractivity contribution in [2.75, 3.05) is 0 Å². The summed E-state index contributed by atoms with van der Waals surface area (Å²) < 4.78 is 1.35. The summed E-state index contributed by atoms with van der Waals surface area (Å²) in [5.74, 6) is 0. The molecule has 0 spiro atoms. The average molecular weight is 627 g/mol. The number of rotatable bonds is 8. The second-order valence-electron chi connectivity index (χ2n) is 10.2. The van der Waals surface area contributed by atoms with Crippen LogP contribution in [0.4, 0.5) is 0 Å². The summed E-state index contributed by atoms with van der Waals surface area (Å²) in [6.07, 6.45) is 7.72. The molecule has 2 aliphatic carbocycles. The number of hydrogen-bond acceptors (Lipinski definition) is 0. The summed E-state index contributed by atoms with van der Waals surface area (Å²) in [4.78, 5) is 0. The van der Waals surface area contributed by atoms with Crippen LogP contribution in [0, 0.1) is 0 Å². The normalized spacial score (nSPS) is 19.7. The minimum atomic E-state index is -0.860. The maximum atomic E-state index is 2.64. The first-order valence-electron chi connectivity index (χ1n) is 13.2. The third-order valence-electron chi connectivity index (χ3n) is 8.03. The molecular weight excluding hydrogens is 589 g/mol. The van der Waals surface area contributed by atoms with Crippen LogP contribution in [0.5, 0.6) is 0 Å². The second-order valence-corrected chi connectivity index (χ2v) is 17.0. The van der Waals surface area contributed by atoms with Crippen LogP contribution >= 0.6 is 7.92 Å². The van der Waals surface area contributed by atoms with Crippen LogP contribution in [-0.2, 0) is 23.2 Å². The van der Waals surface area contributed by atoms with Crippen molar-refractivity contribution in [3.8, 4) is 11.1 Å². The molecule has 3 aromatic carbocycles. The molecule has 4 atom stereocenters. The predicted octanol–water partition coefficient (Wildman–Crippen LogP) is 4.08. The van der Waals surface area contributed by atoms with Gasteiger partial charge in [-0.05, 0) is 0 Å². The van der Waals surface area contributed by atoms with Crippen molar-refractivity contribution in [3.05, 3.63) is 106 Å². The first-order valence-corrected chi connectivity index (χ1v) is 17.6. The number of benzene rings is 3. The molecule has 37 heavy (non-hydrogen) atoms. The Labute approximate surface area is 249 Å². The Kier molecular flexibility index (Phi) is 11.1. The van der Waals surface area contributed by atoms with Gasteiger partial charge in [-0.25, -0.2) is 0 Å². The molecule has 192 valence electrons. The Bertz CT molecular complexity index is 1260. The molecule has 0 bridgehead atoms. The van der Waals surface area contributed by atoms with E-state index in [9.17, 15) is 0 Å². The number of fused-ring (bicyclic) bond motifs is 2. The quantitative estimate of drug-likeness (QED) is 0.331. The van der Waals surface area contributed by atoms with Crippen LogP contribution in [0.2, 0.25) is 0 Å². The van der Waals surface area contributed by atoms with Crippen molar-refractivity contribution in [1.29, 1.82) is 0 Å². The van der Waals surface area contributed by atoms with Crippen molar-refractivity contribution in [3.63, 3.8) is 0 Å². The standard InChI is InChI=1S/C17H24P.C16H13.2ClH.Zr/c1-5-13(3)18(14(4)6-2)17-11-15-9-7-8-10-16(15)12-17;1-12-10-14-8-5-9-15(16(14)11-12)13-6-3-2-4-7-13;;;/h7-14H,5-6H2,1-4H3;2-11H,1H3;2*1H;/q;;;;+2/p-2. The van der Waals surface area contributed by atoms with Gasteiger partial charge in [-0.15, -0.1) is 0 Å². The summed E-state index contributed by atoms with van der Waals surface area (Å²) >= 11 is -0.860. The van der Waals surface area contributed by atoms with Crippen LogP contribution < -0.4 is 24.8 Å². The molecule has 4 unspecified atom stereocenters. The second kappa shape index (κ2) is 13.4. The van der Waals surface area contributed by atoms with Gasteiger partial charge in [-0.2, -0.15) is 0 Å². The number of halogens is 2. The van der Waals surface area contributed by atoms with Gasteiger partial charge in [0, 0.05) is 0 Å². The molecule has 3 aromatic rings. The van der Waals surface area contributed by atoms with Crippen molar-refractivity contribution < 1.29 is 48.0 Å². The smallest absolute Gasteiger partial charge is 1.00 e. The Hall–Kier alpha value is -0.967. The third-order valence-corrected chi connectivity index (χ3v) is 17.3. The summed E-state index contributed by atoms with van der Waals surface area (Å²) in [6, 6.07) is 27.3. The molecule has 0 fully saturated rings. The van der Waals surface area contributed by atoms with Crippen LogP contribution in [0.15, 0.2) is 83.7 Å². The average Bonchev–Trinajstić information content (AvgIpc) is 3.41. The zero-order chi connectivity index (χ0) is 24.5. The SMILES string of the molecule is CCC(C)P(C1=Cc2ccccc2[CH]1[Zr+2][CH]1C(C)=Cc2c(-c3ccccc3)cccc21)C(C)CC.[Cl-].[Cl-]. The molecule has 2 aliphatic rings. The zero-order valence-corrected chi connectivity index (χ0v) is 27.4.